The monoisotopic (exact) mass is 322 g/mol. The number of hydrogen-bond donors (Lipinski definition) is 1. The molecule has 0 bridgehead atoms. The van der Waals surface area contributed by atoms with Crippen LogP contribution in [0.1, 0.15) is 40.6 Å². The van der Waals surface area contributed by atoms with Crippen molar-refractivity contribution >= 4 is 23.2 Å². The van der Waals surface area contributed by atoms with Gasteiger partial charge < -0.3 is 14.9 Å². The van der Waals surface area contributed by atoms with Crippen LogP contribution >= 0.6 is 11.3 Å². The quantitative estimate of drug-likeness (QED) is 0.892. The first-order chi connectivity index (χ1) is 10.6. The molecule has 2 heterocycles. The van der Waals surface area contributed by atoms with Gasteiger partial charge in [-0.25, -0.2) is 0 Å². The zero-order chi connectivity index (χ0) is 15.7. The van der Waals surface area contributed by atoms with Crippen LogP contribution in [0.15, 0.2) is 5.38 Å². The molecule has 3 rings (SSSR count). The lowest BCUT2D eigenvalue weighted by Crippen LogP contribution is -2.52. The largest absolute Gasteiger partial charge is 0.384 e. The Hall–Kier alpha value is -1.40. The van der Waals surface area contributed by atoms with Gasteiger partial charge in [-0.05, 0) is 38.2 Å². The van der Waals surface area contributed by atoms with Crippen molar-refractivity contribution in [1.29, 1.82) is 0 Å². The molecule has 1 unspecified atom stereocenters. The summed E-state index contributed by atoms with van der Waals surface area (Å²) in [6.07, 6.45) is 3.54. The SMILES string of the molecule is CC(O)C(=O)N1CCN(C(=O)c2csc3c2CCCC3)CC1. The van der Waals surface area contributed by atoms with E-state index < -0.39 is 6.10 Å². The molecule has 0 radical (unpaired) electrons. The minimum Gasteiger partial charge on any atom is -0.384 e. The van der Waals surface area contributed by atoms with Gasteiger partial charge in [0, 0.05) is 36.4 Å². The van der Waals surface area contributed by atoms with E-state index in [1.165, 1.54) is 30.2 Å². The highest BCUT2D eigenvalue weighted by Gasteiger charge is 2.29. The molecule has 0 saturated carbocycles. The second kappa shape index (κ2) is 6.38. The van der Waals surface area contributed by atoms with Crippen LogP contribution in [0, 0.1) is 0 Å². The predicted molar refractivity (Wildman–Crippen MR) is 85.1 cm³/mol. The Morgan fingerprint density at radius 2 is 1.77 bits per heavy atom. The fourth-order valence-corrected chi connectivity index (χ4v) is 4.36. The number of aryl methyl sites for hydroxylation is 1. The van der Waals surface area contributed by atoms with Crippen LogP contribution in [0.3, 0.4) is 0 Å². The Labute approximate surface area is 134 Å². The van der Waals surface area contributed by atoms with Crippen molar-refractivity contribution in [3.8, 4) is 0 Å². The van der Waals surface area contributed by atoms with Crippen molar-refractivity contribution in [2.24, 2.45) is 0 Å². The van der Waals surface area contributed by atoms with Gasteiger partial charge >= 0.3 is 0 Å². The molecule has 2 amide bonds. The van der Waals surface area contributed by atoms with Crippen LogP contribution in [0.5, 0.6) is 0 Å². The van der Waals surface area contributed by atoms with E-state index in [9.17, 15) is 14.7 Å². The molecule has 1 saturated heterocycles. The van der Waals surface area contributed by atoms with Crippen molar-refractivity contribution < 1.29 is 14.7 Å². The van der Waals surface area contributed by atoms with Gasteiger partial charge in [-0.15, -0.1) is 11.3 Å². The molecule has 0 spiro atoms. The van der Waals surface area contributed by atoms with Crippen molar-refractivity contribution in [2.75, 3.05) is 26.2 Å². The highest BCUT2D eigenvalue weighted by Crippen LogP contribution is 2.31. The maximum Gasteiger partial charge on any atom is 0.255 e. The average molecular weight is 322 g/mol. The molecule has 1 N–H and O–H groups in total. The summed E-state index contributed by atoms with van der Waals surface area (Å²) in [5, 5.41) is 11.4. The van der Waals surface area contributed by atoms with Crippen LogP contribution in [-0.2, 0) is 17.6 Å². The van der Waals surface area contributed by atoms with Crippen molar-refractivity contribution in [2.45, 2.75) is 38.7 Å². The van der Waals surface area contributed by atoms with Gasteiger partial charge in [-0.3, -0.25) is 9.59 Å². The number of carbonyl (C=O) groups is 2. The van der Waals surface area contributed by atoms with Gasteiger partial charge in [0.05, 0.1) is 5.56 Å². The maximum atomic E-state index is 12.7. The third-order valence-corrected chi connectivity index (χ3v) is 5.62. The van der Waals surface area contributed by atoms with Gasteiger partial charge in [0.1, 0.15) is 6.10 Å². The topological polar surface area (TPSA) is 60.9 Å². The zero-order valence-corrected chi connectivity index (χ0v) is 13.7. The molecule has 1 aliphatic carbocycles. The fourth-order valence-electron chi connectivity index (χ4n) is 3.24. The van der Waals surface area contributed by atoms with E-state index in [1.807, 2.05) is 10.3 Å². The van der Waals surface area contributed by atoms with E-state index in [0.717, 1.165) is 18.4 Å². The summed E-state index contributed by atoms with van der Waals surface area (Å²) >= 11 is 1.71. The normalized spacial score (nSPS) is 19.7. The highest BCUT2D eigenvalue weighted by molar-refractivity contribution is 7.10. The van der Waals surface area contributed by atoms with Crippen LogP contribution in [0.2, 0.25) is 0 Å². The summed E-state index contributed by atoms with van der Waals surface area (Å²) in [7, 11) is 0. The molecule has 5 nitrogen and oxygen atoms in total. The van der Waals surface area contributed by atoms with Gasteiger partial charge in [-0.2, -0.15) is 0 Å². The van der Waals surface area contributed by atoms with Crippen LogP contribution < -0.4 is 0 Å². The standard InChI is InChI=1S/C16H22N2O3S/c1-11(19)15(20)17-6-8-18(9-7-17)16(21)13-10-22-14-5-3-2-4-12(13)14/h10-11,19H,2-9H2,1H3. The summed E-state index contributed by atoms with van der Waals surface area (Å²) in [6.45, 7) is 3.57. The second-order valence-electron chi connectivity index (χ2n) is 6.05. The number of piperazine rings is 1. The van der Waals surface area contributed by atoms with Crippen LogP contribution in [-0.4, -0.2) is 59.0 Å². The van der Waals surface area contributed by atoms with Gasteiger partial charge in [0.25, 0.3) is 11.8 Å². The highest BCUT2D eigenvalue weighted by atomic mass is 32.1. The number of hydrogen-bond acceptors (Lipinski definition) is 4. The Morgan fingerprint density at radius 1 is 1.14 bits per heavy atom. The lowest BCUT2D eigenvalue weighted by atomic mass is 9.95. The van der Waals surface area contributed by atoms with Crippen molar-refractivity contribution in [3.63, 3.8) is 0 Å². The lowest BCUT2D eigenvalue weighted by Gasteiger charge is -2.35. The first kappa shape index (κ1) is 15.5. The van der Waals surface area contributed by atoms with E-state index in [-0.39, 0.29) is 11.8 Å². The molecule has 1 aromatic rings. The number of thiophene rings is 1. The zero-order valence-electron chi connectivity index (χ0n) is 12.9. The van der Waals surface area contributed by atoms with Crippen LogP contribution in [0.25, 0.3) is 0 Å². The summed E-state index contributed by atoms with van der Waals surface area (Å²) in [6, 6.07) is 0. The molecule has 1 atom stereocenters. The summed E-state index contributed by atoms with van der Waals surface area (Å²) in [5.41, 5.74) is 2.12. The molecule has 1 fully saturated rings. The number of amides is 2. The fraction of sp³-hybridized carbons (Fsp3) is 0.625. The molecule has 1 aliphatic heterocycles. The Bertz CT molecular complexity index is 574. The van der Waals surface area contributed by atoms with Gasteiger partial charge in [0.15, 0.2) is 0 Å². The third-order valence-electron chi connectivity index (χ3n) is 4.53. The molecule has 22 heavy (non-hydrogen) atoms. The minimum absolute atomic E-state index is 0.101. The molecular weight excluding hydrogens is 300 g/mol. The number of rotatable bonds is 2. The van der Waals surface area contributed by atoms with E-state index in [1.54, 1.807) is 16.2 Å². The number of aliphatic hydroxyl groups is 1. The molecule has 6 heteroatoms. The second-order valence-corrected chi connectivity index (χ2v) is 7.02. The minimum atomic E-state index is -0.967. The van der Waals surface area contributed by atoms with E-state index in [4.69, 9.17) is 0 Å². The Kier molecular flexibility index (Phi) is 4.49. The third kappa shape index (κ3) is 2.90. The number of carbonyl (C=O) groups excluding carboxylic acids is 2. The predicted octanol–water partition coefficient (Wildman–Crippen LogP) is 1.29. The average Bonchev–Trinajstić information content (AvgIpc) is 2.97. The molecular formula is C16H22N2O3S. The van der Waals surface area contributed by atoms with Crippen molar-refractivity contribution in [1.82, 2.24) is 9.80 Å². The number of nitrogens with zero attached hydrogens (tertiary/aromatic N) is 2. The number of aliphatic hydroxyl groups excluding tert-OH is 1. The first-order valence-electron chi connectivity index (χ1n) is 7.93. The summed E-state index contributed by atoms with van der Waals surface area (Å²) < 4.78 is 0. The first-order valence-corrected chi connectivity index (χ1v) is 8.81. The van der Waals surface area contributed by atoms with Gasteiger partial charge in [0.2, 0.25) is 0 Å². The summed E-state index contributed by atoms with van der Waals surface area (Å²) in [4.78, 5) is 29.3. The number of fused-ring (bicyclic) bond motifs is 1. The Morgan fingerprint density at radius 3 is 2.45 bits per heavy atom. The Balaban J connectivity index is 1.65. The molecule has 0 aromatic carbocycles. The summed E-state index contributed by atoms with van der Waals surface area (Å²) in [5.74, 6) is -0.149. The smallest absolute Gasteiger partial charge is 0.255 e. The van der Waals surface area contributed by atoms with Crippen LogP contribution in [0.4, 0.5) is 0 Å². The lowest BCUT2D eigenvalue weighted by molar-refractivity contribution is -0.140. The van der Waals surface area contributed by atoms with E-state index in [0.29, 0.717) is 26.2 Å². The van der Waals surface area contributed by atoms with E-state index >= 15 is 0 Å². The van der Waals surface area contributed by atoms with Crippen molar-refractivity contribution in [3.05, 3.63) is 21.4 Å². The molecule has 2 aliphatic rings. The maximum absolute atomic E-state index is 12.7. The van der Waals surface area contributed by atoms with Gasteiger partial charge in [-0.1, -0.05) is 0 Å². The van der Waals surface area contributed by atoms with E-state index in [2.05, 4.69) is 0 Å². The molecule has 120 valence electrons. The molecule has 1 aromatic heterocycles.